The molecule has 2 aromatic rings. The molecule has 0 spiro atoms. The molecule has 0 saturated heterocycles. The predicted octanol–water partition coefficient (Wildman–Crippen LogP) is 4.16. The molecule has 0 saturated carbocycles. The van der Waals surface area contributed by atoms with Crippen LogP contribution in [0.5, 0.6) is 0 Å². The van der Waals surface area contributed by atoms with Gasteiger partial charge in [-0.3, -0.25) is 0 Å². The smallest absolute Gasteiger partial charge is 0.123 e. The summed E-state index contributed by atoms with van der Waals surface area (Å²) in [6.07, 6.45) is 3.97. The lowest BCUT2D eigenvalue weighted by Crippen LogP contribution is -2.09. The Morgan fingerprint density at radius 3 is 2.53 bits per heavy atom. The standard InChI is InChI=1S/C17H18FN/c1-12-11-15(18)9-10-16(12)17-6-4-3-5-14(17)8-7-13(2)19/h3-11,13H,19H2,1-2H3. The highest BCUT2D eigenvalue weighted by molar-refractivity contribution is 5.77. The second kappa shape index (κ2) is 5.81. The Hall–Kier alpha value is -1.93. The summed E-state index contributed by atoms with van der Waals surface area (Å²) in [6.45, 7) is 3.85. The van der Waals surface area contributed by atoms with Crippen LogP contribution in [-0.4, -0.2) is 6.04 Å². The summed E-state index contributed by atoms with van der Waals surface area (Å²) >= 11 is 0. The Kier molecular flexibility index (Phi) is 4.13. The molecule has 0 aliphatic carbocycles. The van der Waals surface area contributed by atoms with Gasteiger partial charge in [0.25, 0.3) is 0 Å². The molecular formula is C17H18FN. The van der Waals surface area contributed by atoms with Gasteiger partial charge in [-0.1, -0.05) is 42.5 Å². The van der Waals surface area contributed by atoms with Crippen molar-refractivity contribution >= 4 is 6.08 Å². The number of nitrogens with two attached hydrogens (primary N) is 1. The van der Waals surface area contributed by atoms with Crippen molar-refractivity contribution in [2.24, 2.45) is 5.73 Å². The van der Waals surface area contributed by atoms with Crippen LogP contribution in [0.3, 0.4) is 0 Å². The molecular weight excluding hydrogens is 237 g/mol. The molecule has 2 rings (SSSR count). The van der Waals surface area contributed by atoms with Crippen LogP contribution in [0.1, 0.15) is 18.1 Å². The van der Waals surface area contributed by atoms with Crippen LogP contribution in [0.4, 0.5) is 4.39 Å². The van der Waals surface area contributed by atoms with Crippen molar-refractivity contribution in [1.29, 1.82) is 0 Å². The van der Waals surface area contributed by atoms with E-state index < -0.39 is 0 Å². The summed E-state index contributed by atoms with van der Waals surface area (Å²) in [5.74, 6) is -0.204. The number of hydrogen-bond donors (Lipinski definition) is 1. The van der Waals surface area contributed by atoms with Crippen LogP contribution >= 0.6 is 0 Å². The van der Waals surface area contributed by atoms with E-state index in [0.717, 1.165) is 22.3 Å². The molecule has 19 heavy (non-hydrogen) atoms. The SMILES string of the molecule is Cc1cc(F)ccc1-c1ccccc1C=CC(C)N. The number of rotatable bonds is 3. The average Bonchev–Trinajstić information content (AvgIpc) is 2.37. The number of hydrogen-bond acceptors (Lipinski definition) is 1. The quantitative estimate of drug-likeness (QED) is 0.875. The molecule has 0 heterocycles. The Morgan fingerprint density at radius 1 is 1.11 bits per heavy atom. The van der Waals surface area contributed by atoms with Gasteiger partial charge in [-0.2, -0.15) is 0 Å². The number of benzene rings is 2. The highest BCUT2D eigenvalue weighted by atomic mass is 19.1. The summed E-state index contributed by atoms with van der Waals surface area (Å²) in [5, 5.41) is 0. The highest BCUT2D eigenvalue weighted by Gasteiger charge is 2.06. The largest absolute Gasteiger partial charge is 0.325 e. The van der Waals surface area contributed by atoms with E-state index in [0.29, 0.717) is 0 Å². The zero-order valence-corrected chi connectivity index (χ0v) is 11.2. The van der Waals surface area contributed by atoms with Gasteiger partial charge in [0.2, 0.25) is 0 Å². The van der Waals surface area contributed by atoms with Crippen LogP contribution in [-0.2, 0) is 0 Å². The lowest BCUT2D eigenvalue weighted by atomic mass is 9.95. The third-order valence-corrected chi connectivity index (χ3v) is 3.02. The van der Waals surface area contributed by atoms with Gasteiger partial charge in [0.15, 0.2) is 0 Å². The van der Waals surface area contributed by atoms with Gasteiger partial charge in [0, 0.05) is 6.04 Å². The van der Waals surface area contributed by atoms with Crippen LogP contribution in [0.15, 0.2) is 48.5 Å². The normalized spacial score (nSPS) is 12.8. The highest BCUT2D eigenvalue weighted by Crippen LogP contribution is 2.28. The van der Waals surface area contributed by atoms with Gasteiger partial charge in [0.1, 0.15) is 5.82 Å². The zero-order chi connectivity index (χ0) is 13.8. The Labute approximate surface area is 113 Å². The van der Waals surface area contributed by atoms with Crippen LogP contribution in [0.2, 0.25) is 0 Å². The van der Waals surface area contributed by atoms with Crippen molar-refractivity contribution in [1.82, 2.24) is 0 Å². The van der Waals surface area contributed by atoms with Crippen molar-refractivity contribution in [2.75, 3.05) is 0 Å². The number of aryl methyl sites for hydroxylation is 1. The summed E-state index contributed by atoms with van der Waals surface area (Å²) < 4.78 is 13.2. The molecule has 0 fully saturated rings. The Morgan fingerprint density at radius 2 is 1.84 bits per heavy atom. The molecule has 2 heteroatoms. The first-order chi connectivity index (χ1) is 9.08. The number of halogens is 1. The summed E-state index contributed by atoms with van der Waals surface area (Å²) in [7, 11) is 0. The molecule has 0 aliphatic rings. The van der Waals surface area contributed by atoms with E-state index in [4.69, 9.17) is 5.73 Å². The molecule has 0 aliphatic heterocycles. The van der Waals surface area contributed by atoms with Crippen molar-refractivity contribution in [3.8, 4) is 11.1 Å². The van der Waals surface area contributed by atoms with Gasteiger partial charge in [-0.15, -0.1) is 0 Å². The molecule has 0 radical (unpaired) electrons. The second-order valence-corrected chi connectivity index (χ2v) is 4.76. The topological polar surface area (TPSA) is 26.0 Å². The minimum Gasteiger partial charge on any atom is -0.325 e. The van der Waals surface area contributed by atoms with Crippen molar-refractivity contribution in [3.05, 3.63) is 65.5 Å². The zero-order valence-electron chi connectivity index (χ0n) is 11.2. The molecule has 1 atom stereocenters. The summed E-state index contributed by atoms with van der Waals surface area (Å²) in [4.78, 5) is 0. The van der Waals surface area contributed by atoms with Crippen molar-refractivity contribution in [3.63, 3.8) is 0 Å². The second-order valence-electron chi connectivity index (χ2n) is 4.76. The maximum absolute atomic E-state index is 13.2. The molecule has 0 amide bonds. The first kappa shape index (κ1) is 13.5. The molecule has 0 aromatic heterocycles. The lowest BCUT2D eigenvalue weighted by Gasteiger charge is -2.10. The van der Waals surface area contributed by atoms with E-state index in [9.17, 15) is 4.39 Å². The first-order valence-corrected chi connectivity index (χ1v) is 6.37. The maximum atomic E-state index is 13.2. The minimum atomic E-state index is -0.204. The third-order valence-electron chi connectivity index (χ3n) is 3.02. The summed E-state index contributed by atoms with van der Waals surface area (Å²) in [5.41, 5.74) is 9.91. The molecule has 98 valence electrons. The van der Waals surface area contributed by atoms with Gasteiger partial charge in [-0.25, -0.2) is 4.39 Å². The molecule has 1 nitrogen and oxygen atoms in total. The minimum absolute atomic E-state index is 0.0161. The van der Waals surface area contributed by atoms with Gasteiger partial charge >= 0.3 is 0 Å². The van der Waals surface area contributed by atoms with E-state index in [1.54, 1.807) is 6.07 Å². The van der Waals surface area contributed by atoms with Crippen LogP contribution in [0.25, 0.3) is 17.2 Å². The Balaban J connectivity index is 2.50. The van der Waals surface area contributed by atoms with Crippen molar-refractivity contribution < 1.29 is 4.39 Å². The van der Waals surface area contributed by atoms with Crippen LogP contribution in [0, 0.1) is 12.7 Å². The molecule has 2 N–H and O–H groups in total. The van der Waals surface area contributed by atoms with E-state index in [2.05, 4.69) is 0 Å². The van der Waals surface area contributed by atoms with Gasteiger partial charge < -0.3 is 5.73 Å². The molecule has 0 bridgehead atoms. The fourth-order valence-corrected chi connectivity index (χ4v) is 2.07. The van der Waals surface area contributed by atoms with E-state index in [1.165, 1.54) is 6.07 Å². The van der Waals surface area contributed by atoms with E-state index in [-0.39, 0.29) is 11.9 Å². The lowest BCUT2D eigenvalue weighted by molar-refractivity contribution is 0.627. The monoisotopic (exact) mass is 255 g/mol. The predicted molar refractivity (Wildman–Crippen MR) is 79.3 cm³/mol. The fourth-order valence-electron chi connectivity index (χ4n) is 2.07. The average molecular weight is 255 g/mol. The molecule has 1 unspecified atom stereocenters. The third kappa shape index (κ3) is 3.30. The van der Waals surface area contributed by atoms with Crippen molar-refractivity contribution in [2.45, 2.75) is 19.9 Å². The van der Waals surface area contributed by atoms with Gasteiger partial charge in [-0.05, 0) is 48.2 Å². The maximum Gasteiger partial charge on any atom is 0.123 e. The van der Waals surface area contributed by atoms with Gasteiger partial charge in [0.05, 0.1) is 0 Å². The Bertz CT molecular complexity index is 600. The molecule has 2 aromatic carbocycles. The fraction of sp³-hybridized carbons (Fsp3) is 0.176. The van der Waals surface area contributed by atoms with E-state index in [1.807, 2.05) is 56.3 Å². The first-order valence-electron chi connectivity index (χ1n) is 6.37. The van der Waals surface area contributed by atoms with Crippen LogP contribution < -0.4 is 5.73 Å². The summed E-state index contributed by atoms with van der Waals surface area (Å²) in [6, 6.07) is 12.9. The van der Waals surface area contributed by atoms with E-state index >= 15 is 0 Å².